The van der Waals surface area contributed by atoms with Gasteiger partial charge in [-0.15, -0.1) is 0 Å². The van der Waals surface area contributed by atoms with Crippen molar-refractivity contribution in [3.05, 3.63) is 29.7 Å². The Morgan fingerprint density at radius 3 is 2.82 bits per heavy atom. The van der Waals surface area contributed by atoms with Crippen LogP contribution in [0.4, 0.5) is 0 Å². The van der Waals surface area contributed by atoms with Crippen LogP contribution in [0.3, 0.4) is 0 Å². The molecule has 0 N–H and O–H groups in total. The van der Waals surface area contributed by atoms with Gasteiger partial charge in [-0.05, 0) is 25.0 Å². The molecule has 1 saturated carbocycles. The first-order chi connectivity index (χ1) is 8.25. The van der Waals surface area contributed by atoms with Crippen molar-refractivity contribution in [2.45, 2.75) is 38.5 Å². The van der Waals surface area contributed by atoms with E-state index in [1.165, 1.54) is 25.7 Å². The summed E-state index contributed by atoms with van der Waals surface area (Å²) in [5, 5.41) is 4.50. The van der Waals surface area contributed by atoms with E-state index < -0.39 is 0 Å². The number of hydrogen-bond donors (Lipinski definition) is 0. The number of ketones is 1. The smallest absolute Gasteiger partial charge is 0.178 e. The van der Waals surface area contributed by atoms with E-state index in [-0.39, 0.29) is 5.78 Å². The second-order valence-electron chi connectivity index (χ2n) is 4.69. The Morgan fingerprint density at radius 2 is 2.12 bits per heavy atom. The normalized spacial score (nSPS) is 16.8. The summed E-state index contributed by atoms with van der Waals surface area (Å²) < 4.78 is 1.68. The molecule has 0 bridgehead atoms. The van der Waals surface area contributed by atoms with Crippen LogP contribution in [0.5, 0.6) is 0 Å². The van der Waals surface area contributed by atoms with E-state index >= 15 is 0 Å². The quantitative estimate of drug-likeness (QED) is 0.743. The molecule has 1 aliphatic rings. The van der Waals surface area contributed by atoms with Gasteiger partial charge < -0.3 is 0 Å². The highest BCUT2D eigenvalue weighted by atomic mass is 16.1. The third kappa shape index (κ3) is 1.73. The SMILES string of the molecule is CC(=O)c1cccc2nc(C3CCCC3)nn12. The van der Waals surface area contributed by atoms with Crippen LogP contribution < -0.4 is 0 Å². The van der Waals surface area contributed by atoms with Crippen molar-refractivity contribution in [3.63, 3.8) is 0 Å². The zero-order valence-corrected chi connectivity index (χ0v) is 9.89. The molecule has 0 spiro atoms. The van der Waals surface area contributed by atoms with Gasteiger partial charge in [0.1, 0.15) is 5.69 Å². The number of carbonyl (C=O) groups is 1. The van der Waals surface area contributed by atoms with Crippen molar-refractivity contribution in [2.24, 2.45) is 0 Å². The van der Waals surface area contributed by atoms with E-state index in [1.54, 1.807) is 17.5 Å². The Morgan fingerprint density at radius 1 is 1.35 bits per heavy atom. The average Bonchev–Trinajstić information content (AvgIpc) is 2.96. The van der Waals surface area contributed by atoms with Crippen LogP contribution in [-0.2, 0) is 0 Å². The molecule has 2 aromatic rings. The van der Waals surface area contributed by atoms with E-state index in [0.717, 1.165) is 11.5 Å². The predicted octanol–water partition coefficient (Wildman–Crippen LogP) is 2.59. The fraction of sp³-hybridized carbons (Fsp3) is 0.462. The average molecular weight is 229 g/mol. The Bertz CT molecular complexity index is 567. The fourth-order valence-corrected chi connectivity index (χ4v) is 2.55. The highest BCUT2D eigenvalue weighted by molar-refractivity contribution is 5.92. The number of pyridine rings is 1. The molecule has 0 radical (unpaired) electrons. The third-order valence-electron chi connectivity index (χ3n) is 3.46. The number of hydrogen-bond acceptors (Lipinski definition) is 3. The maximum absolute atomic E-state index is 11.5. The first-order valence-electron chi connectivity index (χ1n) is 6.12. The molecule has 3 rings (SSSR count). The van der Waals surface area contributed by atoms with Crippen molar-refractivity contribution in [2.75, 3.05) is 0 Å². The highest BCUT2D eigenvalue weighted by Gasteiger charge is 2.22. The van der Waals surface area contributed by atoms with Crippen molar-refractivity contribution in [1.29, 1.82) is 0 Å². The van der Waals surface area contributed by atoms with Crippen molar-refractivity contribution in [3.8, 4) is 0 Å². The minimum Gasteiger partial charge on any atom is -0.293 e. The van der Waals surface area contributed by atoms with Gasteiger partial charge in [0.25, 0.3) is 0 Å². The lowest BCUT2D eigenvalue weighted by atomic mass is 10.1. The summed E-state index contributed by atoms with van der Waals surface area (Å²) in [7, 11) is 0. The molecule has 1 aliphatic carbocycles. The zero-order valence-electron chi connectivity index (χ0n) is 9.89. The van der Waals surface area contributed by atoms with Crippen LogP contribution in [0.15, 0.2) is 18.2 Å². The minimum atomic E-state index is 0.0264. The Balaban J connectivity index is 2.11. The van der Waals surface area contributed by atoms with Crippen molar-refractivity contribution >= 4 is 11.4 Å². The monoisotopic (exact) mass is 229 g/mol. The summed E-state index contributed by atoms with van der Waals surface area (Å²) in [6.45, 7) is 1.56. The molecular formula is C13H15N3O. The molecule has 1 fully saturated rings. The molecule has 2 heterocycles. The number of nitrogens with zero attached hydrogens (tertiary/aromatic N) is 3. The second kappa shape index (κ2) is 3.95. The molecule has 2 aromatic heterocycles. The van der Waals surface area contributed by atoms with Crippen molar-refractivity contribution < 1.29 is 4.79 Å². The third-order valence-corrected chi connectivity index (χ3v) is 3.46. The molecule has 4 heteroatoms. The lowest BCUT2D eigenvalue weighted by molar-refractivity contribution is 0.101. The van der Waals surface area contributed by atoms with E-state index in [1.807, 2.05) is 12.1 Å². The predicted molar refractivity (Wildman–Crippen MR) is 64.2 cm³/mol. The van der Waals surface area contributed by atoms with Gasteiger partial charge in [-0.2, -0.15) is 5.10 Å². The van der Waals surface area contributed by atoms with E-state index in [4.69, 9.17) is 0 Å². The van der Waals surface area contributed by atoms with Crippen molar-refractivity contribution in [1.82, 2.24) is 14.6 Å². The topological polar surface area (TPSA) is 47.3 Å². The summed E-state index contributed by atoms with van der Waals surface area (Å²) >= 11 is 0. The molecule has 0 aromatic carbocycles. The number of carbonyl (C=O) groups excluding carboxylic acids is 1. The number of Topliss-reactive ketones (excluding diaryl/α,β-unsaturated/α-hetero) is 1. The van der Waals surface area contributed by atoms with Crippen LogP contribution >= 0.6 is 0 Å². The van der Waals surface area contributed by atoms with Crippen LogP contribution in [0, 0.1) is 0 Å². The minimum absolute atomic E-state index is 0.0264. The van der Waals surface area contributed by atoms with Gasteiger partial charge in [-0.1, -0.05) is 18.9 Å². The summed E-state index contributed by atoms with van der Waals surface area (Å²) in [4.78, 5) is 16.0. The van der Waals surface area contributed by atoms with Gasteiger partial charge in [0.2, 0.25) is 0 Å². The summed E-state index contributed by atoms with van der Waals surface area (Å²) in [5.41, 5.74) is 1.39. The molecule has 4 nitrogen and oxygen atoms in total. The number of fused-ring (bicyclic) bond motifs is 1. The first kappa shape index (κ1) is 10.4. The Labute approximate surface area is 99.7 Å². The van der Waals surface area contributed by atoms with E-state index in [0.29, 0.717) is 11.6 Å². The summed E-state index contributed by atoms with van der Waals surface area (Å²) in [6, 6.07) is 5.56. The number of aromatic nitrogens is 3. The molecular weight excluding hydrogens is 214 g/mol. The molecule has 0 amide bonds. The second-order valence-corrected chi connectivity index (χ2v) is 4.69. The fourth-order valence-electron chi connectivity index (χ4n) is 2.55. The molecule has 0 aliphatic heterocycles. The van der Waals surface area contributed by atoms with Crippen LogP contribution in [-0.4, -0.2) is 20.4 Å². The van der Waals surface area contributed by atoms with E-state index in [9.17, 15) is 4.79 Å². The summed E-state index contributed by atoms with van der Waals surface area (Å²) in [6.07, 6.45) is 4.87. The highest BCUT2D eigenvalue weighted by Crippen LogP contribution is 2.32. The number of rotatable bonds is 2. The van der Waals surface area contributed by atoms with Gasteiger partial charge >= 0.3 is 0 Å². The molecule has 0 atom stereocenters. The van der Waals surface area contributed by atoms with Crippen LogP contribution in [0.1, 0.15) is 54.8 Å². The zero-order chi connectivity index (χ0) is 11.8. The maximum atomic E-state index is 11.5. The van der Waals surface area contributed by atoms with Gasteiger partial charge in [0, 0.05) is 12.8 Å². The standard InChI is InChI=1S/C13H15N3O/c1-9(17)11-7-4-8-12-14-13(15-16(11)12)10-5-2-3-6-10/h4,7-8,10H,2-3,5-6H2,1H3. The summed E-state index contributed by atoms with van der Waals surface area (Å²) in [5.74, 6) is 1.41. The Hall–Kier alpha value is -1.71. The van der Waals surface area contributed by atoms with Gasteiger partial charge in [-0.25, -0.2) is 9.50 Å². The maximum Gasteiger partial charge on any atom is 0.178 e. The first-order valence-corrected chi connectivity index (χ1v) is 6.12. The molecule has 0 unspecified atom stereocenters. The molecule has 88 valence electrons. The van der Waals surface area contributed by atoms with E-state index in [2.05, 4.69) is 10.1 Å². The lowest BCUT2D eigenvalue weighted by Crippen LogP contribution is -2.04. The largest absolute Gasteiger partial charge is 0.293 e. The van der Waals surface area contributed by atoms with Crippen LogP contribution in [0.25, 0.3) is 5.65 Å². The Kier molecular flexibility index (Phi) is 2.42. The van der Waals surface area contributed by atoms with Gasteiger partial charge in [0.15, 0.2) is 17.3 Å². The van der Waals surface area contributed by atoms with Gasteiger partial charge in [0.05, 0.1) is 0 Å². The van der Waals surface area contributed by atoms with Gasteiger partial charge in [-0.3, -0.25) is 4.79 Å². The molecule has 17 heavy (non-hydrogen) atoms. The molecule has 0 saturated heterocycles. The van der Waals surface area contributed by atoms with Crippen LogP contribution in [0.2, 0.25) is 0 Å². The lowest BCUT2D eigenvalue weighted by Gasteiger charge is -2.01.